The second kappa shape index (κ2) is 10.5. The maximum atomic E-state index is 11.5. The number of aryl methyl sites for hydroxylation is 1. The summed E-state index contributed by atoms with van der Waals surface area (Å²) in [5, 5.41) is 22.6. The third-order valence-electron chi connectivity index (χ3n) is 6.18. The van der Waals surface area contributed by atoms with E-state index >= 15 is 0 Å². The molecule has 4 rings (SSSR count). The van der Waals surface area contributed by atoms with Gasteiger partial charge in [0.2, 0.25) is 5.91 Å². The van der Waals surface area contributed by atoms with Gasteiger partial charge in [0.25, 0.3) is 0 Å². The molecule has 2 aromatic carbocycles. The Morgan fingerprint density at radius 1 is 1.23 bits per heavy atom. The van der Waals surface area contributed by atoms with Gasteiger partial charge in [-0.05, 0) is 56.7 Å². The second-order valence-corrected chi connectivity index (χ2v) is 9.97. The first-order valence-electron chi connectivity index (χ1n) is 12.1. The van der Waals surface area contributed by atoms with Crippen molar-refractivity contribution in [2.75, 3.05) is 25.0 Å². The van der Waals surface area contributed by atoms with Crippen LogP contribution in [0.1, 0.15) is 38.4 Å². The molecule has 1 amide bonds. The first-order valence-corrected chi connectivity index (χ1v) is 12.1. The van der Waals surface area contributed by atoms with Gasteiger partial charge >= 0.3 is 0 Å². The van der Waals surface area contributed by atoms with Gasteiger partial charge in [-0.25, -0.2) is 5.43 Å². The minimum Gasteiger partial charge on any atom is -0.490 e. The topological polar surface area (TPSA) is 111 Å². The van der Waals surface area contributed by atoms with E-state index in [1.807, 2.05) is 56.3 Å². The number of aliphatic hydroxyl groups excluding tert-OH is 1. The predicted molar refractivity (Wildman–Crippen MR) is 140 cm³/mol. The van der Waals surface area contributed by atoms with Crippen molar-refractivity contribution >= 4 is 28.2 Å². The predicted octanol–water partition coefficient (Wildman–Crippen LogP) is 3.56. The highest BCUT2D eigenvalue weighted by Gasteiger charge is 2.22. The number of carbonyl (C=O) groups is 1. The van der Waals surface area contributed by atoms with Crippen LogP contribution in [-0.2, 0) is 4.79 Å². The first-order chi connectivity index (χ1) is 16.7. The van der Waals surface area contributed by atoms with Gasteiger partial charge in [-0.1, -0.05) is 25.1 Å². The van der Waals surface area contributed by atoms with Crippen LogP contribution in [0.2, 0.25) is 0 Å². The molecule has 8 heteroatoms. The quantitative estimate of drug-likeness (QED) is 0.307. The molecule has 0 radical (unpaired) electrons. The van der Waals surface area contributed by atoms with Gasteiger partial charge in [-0.15, -0.1) is 0 Å². The molecule has 35 heavy (non-hydrogen) atoms. The normalized spacial score (nSPS) is 17.1. The standard InChI is InChI=1S/C27H35N5O3/c1-17-12-25(34)31-32-26(17)19-8-10-20(11-9-19)28-16-27(3,4)29-14-21(33)15-35-24-7-5-6-23-22(24)13-18(2)30-23/h5-11,13,17,21,28-30,33H,12,14-16H2,1-4H3,(H,31,34). The van der Waals surface area contributed by atoms with Crippen LogP contribution in [0, 0.1) is 12.8 Å². The van der Waals surface area contributed by atoms with Crippen molar-refractivity contribution in [1.29, 1.82) is 0 Å². The number of nitrogens with zero attached hydrogens (tertiary/aromatic N) is 1. The van der Waals surface area contributed by atoms with Crippen LogP contribution in [0.4, 0.5) is 5.69 Å². The number of amides is 1. The molecule has 0 aliphatic carbocycles. The number of carbonyl (C=O) groups excluding carboxylic acids is 1. The number of hydrazone groups is 1. The Kier molecular flexibility index (Phi) is 7.42. The number of hydrogen-bond donors (Lipinski definition) is 5. The number of β-amino-alcohol motifs (C(OH)–C–C–N with tert-alkyl or cyclic N) is 1. The summed E-state index contributed by atoms with van der Waals surface area (Å²) in [6.45, 7) is 9.51. The van der Waals surface area contributed by atoms with Gasteiger partial charge in [0, 0.05) is 53.3 Å². The molecular weight excluding hydrogens is 442 g/mol. The smallest absolute Gasteiger partial charge is 0.240 e. The van der Waals surface area contributed by atoms with Crippen molar-refractivity contribution in [3.63, 3.8) is 0 Å². The lowest BCUT2D eigenvalue weighted by Gasteiger charge is -2.28. The zero-order valence-corrected chi connectivity index (χ0v) is 20.8. The molecule has 0 saturated carbocycles. The Morgan fingerprint density at radius 3 is 2.74 bits per heavy atom. The van der Waals surface area contributed by atoms with Crippen LogP contribution < -0.4 is 20.8 Å². The highest BCUT2D eigenvalue weighted by molar-refractivity contribution is 6.05. The molecular formula is C27H35N5O3. The van der Waals surface area contributed by atoms with E-state index in [0.29, 0.717) is 19.5 Å². The number of nitrogens with one attached hydrogen (secondary N) is 4. The average molecular weight is 478 g/mol. The Labute approximate surface area is 206 Å². The number of ether oxygens (including phenoxy) is 1. The maximum Gasteiger partial charge on any atom is 0.240 e. The third-order valence-corrected chi connectivity index (χ3v) is 6.18. The molecule has 0 bridgehead atoms. The Balaban J connectivity index is 1.24. The van der Waals surface area contributed by atoms with E-state index in [2.05, 4.69) is 46.1 Å². The Bertz CT molecular complexity index is 1200. The zero-order chi connectivity index (χ0) is 25.0. The molecule has 0 fully saturated rings. The number of benzene rings is 2. The highest BCUT2D eigenvalue weighted by atomic mass is 16.5. The van der Waals surface area contributed by atoms with E-state index in [4.69, 9.17) is 4.74 Å². The number of rotatable bonds is 10. The van der Waals surface area contributed by atoms with Gasteiger partial charge in [-0.3, -0.25) is 4.79 Å². The number of H-pyrrole nitrogens is 1. The SMILES string of the molecule is Cc1cc2c(OCC(O)CNC(C)(C)CNc3ccc(C4=NNC(=O)CC4C)cc3)cccc2[nH]1. The minimum absolute atomic E-state index is 0.0425. The summed E-state index contributed by atoms with van der Waals surface area (Å²) < 4.78 is 5.91. The molecule has 0 spiro atoms. The van der Waals surface area contributed by atoms with Crippen LogP contribution in [0.3, 0.4) is 0 Å². The van der Waals surface area contributed by atoms with E-state index < -0.39 is 6.10 Å². The number of aromatic nitrogens is 1. The molecule has 5 N–H and O–H groups in total. The number of aliphatic hydroxyl groups is 1. The van der Waals surface area contributed by atoms with Gasteiger partial charge in [-0.2, -0.15) is 5.10 Å². The second-order valence-electron chi connectivity index (χ2n) is 9.97. The van der Waals surface area contributed by atoms with Gasteiger partial charge in [0.1, 0.15) is 18.5 Å². The van der Waals surface area contributed by atoms with Crippen molar-refractivity contribution in [3.8, 4) is 5.75 Å². The van der Waals surface area contributed by atoms with E-state index in [9.17, 15) is 9.90 Å². The van der Waals surface area contributed by atoms with Gasteiger partial charge in [0.15, 0.2) is 0 Å². The van der Waals surface area contributed by atoms with E-state index in [0.717, 1.165) is 39.3 Å². The minimum atomic E-state index is -0.636. The van der Waals surface area contributed by atoms with Crippen molar-refractivity contribution in [1.82, 2.24) is 15.7 Å². The lowest BCUT2D eigenvalue weighted by Crippen LogP contribution is -2.49. The summed E-state index contributed by atoms with van der Waals surface area (Å²) in [7, 11) is 0. The van der Waals surface area contributed by atoms with Crippen LogP contribution in [0.25, 0.3) is 10.9 Å². The summed E-state index contributed by atoms with van der Waals surface area (Å²) >= 11 is 0. The Hall–Kier alpha value is -3.36. The molecule has 186 valence electrons. The van der Waals surface area contributed by atoms with Gasteiger partial charge < -0.3 is 25.5 Å². The van der Waals surface area contributed by atoms with Crippen LogP contribution in [0.15, 0.2) is 53.6 Å². The molecule has 2 unspecified atom stereocenters. The third kappa shape index (κ3) is 6.41. The molecule has 1 aliphatic rings. The summed E-state index contributed by atoms with van der Waals surface area (Å²) in [4.78, 5) is 14.8. The number of hydrogen-bond acceptors (Lipinski definition) is 6. The van der Waals surface area contributed by atoms with E-state index in [-0.39, 0.29) is 24.0 Å². The zero-order valence-electron chi connectivity index (χ0n) is 20.8. The molecule has 1 aliphatic heterocycles. The van der Waals surface area contributed by atoms with Crippen LogP contribution in [0.5, 0.6) is 5.75 Å². The Morgan fingerprint density at radius 2 is 2.00 bits per heavy atom. The lowest BCUT2D eigenvalue weighted by molar-refractivity contribution is -0.121. The molecule has 3 aromatic rings. The number of anilines is 1. The van der Waals surface area contributed by atoms with Crippen molar-refractivity contribution < 1.29 is 14.6 Å². The largest absolute Gasteiger partial charge is 0.490 e. The fourth-order valence-electron chi connectivity index (χ4n) is 4.18. The summed E-state index contributed by atoms with van der Waals surface area (Å²) in [5.41, 5.74) is 7.33. The average Bonchev–Trinajstić information content (AvgIpc) is 3.21. The van der Waals surface area contributed by atoms with E-state index in [1.54, 1.807) is 0 Å². The molecule has 1 aromatic heterocycles. The fraction of sp³-hybridized carbons (Fsp3) is 0.407. The summed E-state index contributed by atoms with van der Waals surface area (Å²) in [6.07, 6.45) is -0.181. The monoisotopic (exact) mass is 477 g/mol. The van der Waals surface area contributed by atoms with Gasteiger partial charge in [0.05, 0.1) is 5.71 Å². The van der Waals surface area contributed by atoms with Crippen molar-refractivity contribution in [3.05, 3.63) is 59.8 Å². The lowest BCUT2D eigenvalue weighted by atomic mass is 9.94. The fourth-order valence-corrected chi connectivity index (χ4v) is 4.18. The molecule has 0 saturated heterocycles. The van der Waals surface area contributed by atoms with Crippen LogP contribution >= 0.6 is 0 Å². The first kappa shape index (κ1) is 24.8. The summed E-state index contributed by atoms with van der Waals surface area (Å²) in [6, 6.07) is 16.0. The molecule has 2 atom stereocenters. The van der Waals surface area contributed by atoms with Crippen molar-refractivity contribution in [2.24, 2.45) is 11.0 Å². The number of aromatic amines is 1. The molecule has 2 heterocycles. The number of fused-ring (bicyclic) bond motifs is 1. The summed E-state index contributed by atoms with van der Waals surface area (Å²) in [5.74, 6) is 0.825. The maximum absolute atomic E-state index is 11.5. The van der Waals surface area contributed by atoms with E-state index in [1.165, 1.54) is 0 Å². The highest BCUT2D eigenvalue weighted by Crippen LogP contribution is 2.26. The molecule has 8 nitrogen and oxygen atoms in total. The van der Waals surface area contributed by atoms with Crippen LogP contribution in [-0.4, -0.2) is 53.0 Å². The van der Waals surface area contributed by atoms with Crippen molar-refractivity contribution in [2.45, 2.75) is 45.8 Å².